The average Bonchev–Trinajstić information content (AvgIpc) is 2.29. The Hall–Kier alpha value is -0.280. The van der Waals surface area contributed by atoms with Gasteiger partial charge in [-0.2, -0.15) is 0 Å². The largest absolute Gasteiger partial charge is 0.481 e. The number of hydrogen-bond donors (Lipinski definition) is 2. The summed E-state index contributed by atoms with van der Waals surface area (Å²) in [5.74, 6) is -0.206. The van der Waals surface area contributed by atoms with Gasteiger partial charge in [0.2, 0.25) is 0 Å². The molecule has 0 aliphatic carbocycles. The maximum Gasteiger partial charge on any atom is 0.303 e. The second kappa shape index (κ2) is 4.29. The summed E-state index contributed by atoms with van der Waals surface area (Å²) >= 11 is 0. The van der Waals surface area contributed by atoms with Crippen molar-refractivity contribution < 1.29 is 9.90 Å². The van der Waals surface area contributed by atoms with E-state index in [1.54, 1.807) is 0 Å². The van der Waals surface area contributed by atoms with Gasteiger partial charge in [0.05, 0.1) is 0 Å². The molecule has 0 aromatic carbocycles. The SMILES string of the molecule is Cl.O=C(O)CC1CC2CCC(C1)N2. The van der Waals surface area contributed by atoms with Gasteiger partial charge in [-0.05, 0) is 31.6 Å². The fraction of sp³-hybridized carbons (Fsp3) is 0.889. The number of aliphatic carboxylic acids is 1. The zero-order chi connectivity index (χ0) is 8.55. The van der Waals surface area contributed by atoms with Crippen LogP contribution in [-0.4, -0.2) is 23.2 Å². The third-order valence-corrected chi connectivity index (χ3v) is 3.03. The molecule has 2 saturated heterocycles. The first-order valence-corrected chi connectivity index (χ1v) is 4.72. The van der Waals surface area contributed by atoms with Gasteiger partial charge in [-0.3, -0.25) is 4.79 Å². The fourth-order valence-corrected chi connectivity index (χ4v) is 2.59. The number of hydrogen-bond acceptors (Lipinski definition) is 2. The van der Waals surface area contributed by atoms with Gasteiger partial charge in [-0.1, -0.05) is 0 Å². The monoisotopic (exact) mass is 205 g/mol. The van der Waals surface area contributed by atoms with E-state index >= 15 is 0 Å². The van der Waals surface area contributed by atoms with Gasteiger partial charge in [-0.25, -0.2) is 0 Å². The standard InChI is InChI=1S/C9H15NO2.ClH/c11-9(12)5-6-3-7-1-2-8(4-6)10-7;/h6-8,10H,1-5H2,(H,11,12);1H. The first-order valence-electron chi connectivity index (χ1n) is 4.72. The van der Waals surface area contributed by atoms with E-state index in [2.05, 4.69) is 5.32 Å². The van der Waals surface area contributed by atoms with Gasteiger partial charge in [0.25, 0.3) is 0 Å². The maximum atomic E-state index is 10.5. The number of fused-ring (bicyclic) bond motifs is 2. The number of carboxylic acid groups (broad SMARTS) is 1. The molecule has 0 amide bonds. The Morgan fingerprint density at radius 2 is 1.85 bits per heavy atom. The third kappa shape index (κ3) is 2.58. The number of carbonyl (C=O) groups is 1. The lowest BCUT2D eigenvalue weighted by Gasteiger charge is -2.27. The molecule has 2 fully saturated rings. The molecule has 76 valence electrons. The smallest absolute Gasteiger partial charge is 0.303 e. The first kappa shape index (κ1) is 10.8. The number of halogens is 1. The number of nitrogens with one attached hydrogen (secondary N) is 1. The van der Waals surface area contributed by atoms with Crippen molar-refractivity contribution in [2.45, 2.75) is 44.2 Å². The summed E-state index contributed by atoms with van der Waals surface area (Å²) in [6, 6.07) is 1.24. The number of carboxylic acids is 1. The highest BCUT2D eigenvalue weighted by Crippen LogP contribution is 2.32. The van der Waals surface area contributed by atoms with Crippen molar-refractivity contribution >= 4 is 18.4 Å². The summed E-state index contributed by atoms with van der Waals surface area (Å²) in [4.78, 5) is 10.5. The van der Waals surface area contributed by atoms with Crippen LogP contribution in [0, 0.1) is 5.92 Å². The Bertz CT molecular complexity index is 186. The summed E-state index contributed by atoms with van der Waals surface area (Å²) in [6.07, 6.45) is 5.02. The van der Waals surface area contributed by atoms with Gasteiger partial charge < -0.3 is 10.4 Å². The summed E-state index contributed by atoms with van der Waals surface area (Å²) in [6.45, 7) is 0. The maximum absolute atomic E-state index is 10.5. The van der Waals surface area contributed by atoms with Gasteiger partial charge >= 0.3 is 5.97 Å². The minimum absolute atomic E-state index is 0. The van der Waals surface area contributed by atoms with Crippen LogP contribution in [0.2, 0.25) is 0 Å². The van der Waals surface area contributed by atoms with E-state index < -0.39 is 5.97 Å². The van der Waals surface area contributed by atoms with Crippen LogP contribution in [0.15, 0.2) is 0 Å². The van der Waals surface area contributed by atoms with Crippen LogP contribution in [0.25, 0.3) is 0 Å². The highest BCUT2D eigenvalue weighted by Gasteiger charge is 2.33. The van der Waals surface area contributed by atoms with Gasteiger partial charge in [0, 0.05) is 18.5 Å². The van der Waals surface area contributed by atoms with Crippen LogP contribution in [0.3, 0.4) is 0 Å². The fourth-order valence-electron chi connectivity index (χ4n) is 2.59. The predicted molar refractivity (Wildman–Crippen MR) is 52.2 cm³/mol. The second-order valence-electron chi connectivity index (χ2n) is 4.07. The molecule has 2 atom stereocenters. The quantitative estimate of drug-likeness (QED) is 0.717. The minimum Gasteiger partial charge on any atom is -0.481 e. The highest BCUT2D eigenvalue weighted by atomic mass is 35.5. The zero-order valence-electron chi connectivity index (χ0n) is 7.53. The van der Waals surface area contributed by atoms with Crippen molar-refractivity contribution in [2.24, 2.45) is 5.92 Å². The Kier molecular flexibility index (Phi) is 3.56. The molecular weight excluding hydrogens is 190 g/mol. The van der Waals surface area contributed by atoms with Crippen LogP contribution in [0.5, 0.6) is 0 Å². The normalized spacial score (nSPS) is 36.8. The van der Waals surface area contributed by atoms with Crippen molar-refractivity contribution in [1.29, 1.82) is 0 Å². The van der Waals surface area contributed by atoms with Crippen LogP contribution in [0.1, 0.15) is 32.1 Å². The molecule has 2 heterocycles. The van der Waals surface area contributed by atoms with Crippen molar-refractivity contribution in [2.75, 3.05) is 0 Å². The van der Waals surface area contributed by atoms with Crippen molar-refractivity contribution in [3.8, 4) is 0 Å². The lowest BCUT2D eigenvalue weighted by molar-refractivity contribution is -0.138. The van der Waals surface area contributed by atoms with Crippen LogP contribution >= 0.6 is 12.4 Å². The van der Waals surface area contributed by atoms with E-state index in [4.69, 9.17) is 5.11 Å². The molecule has 3 nitrogen and oxygen atoms in total. The minimum atomic E-state index is -0.638. The molecule has 2 N–H and O–H groups in total. The van der Waals surface area contributed by atoms with Gasteiger partial charge in [-0.15, -0.1) is 12.4 Å². The topological polar surface area (TPSA) is 49.3 Å². The van der Waals surface area contributed by atoms with Gasteiger partial charge in [0.15, 0.2) is 0 Å². The summed E-state index contributed by atoms with van der Waals surface area (Å²) in [5, 5.41) is 12.1. The lowest BCUT2D eigenvalue weighted by Crippen LogP contribution is -2.38. The predicted octanol–water partition coefficient (Wildman–Crippen LogP) is 1.41. The van der Waals surface area contributed by atoms with E-state index in [0.717, 1.165) is 12.8 Å². The Morgan fingerprint density at radius 1 is 1.31 bits per heavy atom. The molecule has 2 bridgehead atoms. The summed E-state index contributed by atoms with van der Waals surface area (Å²) < 4.78 is 0. The van der Waals surface area contributed by atoms with E-state index in [0.29, 0.717) is 24.4 Å². The van der Waals surface area contributed by atoms with Crippen LogP contribution in [-0.2, 0) is 4.79 Å². The molecule has 0 saturated carbocycles. The molecule has 0 radical (unpaired) electrons. The molecule has 2 aliphatic heterocycles. The molecule has 2 rings (SSSR count). The molecule has 4 heteroatoms. The third-order valence-electron chi connectivity index (χ3n) is 3.03. The lowest BCUT2D eigenvalue weighted by atomic mass is 9.90. The van der Waals surface area contributed by atoms with Crippen LogP contribution < -0.4 is 5.32 Å². The van der Waals surface area contributed by atoms with E-state index in [9.17, 15) is 4.79 Å². The van der Waals surface area contributed by atoms with E-state index in [1.165, 1.54) is 12.8 Å². The molecule has 0 aromatic heterocycles. The molecular formula is C9H16ClNO2. The van der Waals surface area contributed by atoms with Crippen LogP contribution in [0.4, 0.5) is 0 Å². The Morgan fingerprint density at radius 3 is 2.31 bits per heavy atom. The molecule has 0 spiro atoms. The summed E-state index contributed by atoms with van der Waals surface area (Å²) in [5.41, 5.74) is 0. The molecule has 0 aromatic rings. The van der Waals surface area contributed by atoms with E-state index in [1.807, 2.05) is 0 Å². The Balaban J connectivity index is 0.000000845. The average molecular weight is 206 g/mol. The summed E-state index contributed by atoms with van der Waals surface area (Å²) in [7, 11) is 0. The molecule has 13 heavy (non-hydrogen) atoms. The van der Waals surface area contributed by atoms with Gasteiger partial charge in [0.1, 0.15) is 0 Å². The van der Waals surface area contributed by atoms with Crippen molar-refractivity contribution in [3.63, 3.8) is 0 Å². The highest BCUT2D eigenvalue weighted by molar-refractivity contribution is 5.85. The van der Waals surface area contributed by atoms with Crippen molar-refractivity contribution in [1.82, 2.24) is 5.32 Å². The second-order valence-corrected chi connectivity index (χ2v) is 4.07. The number of rotatable bonds is 2. The first-order chi connectivity index (χ1) is 5.74. The van der Waals surface area contributed by atoms with E-state index in [-0.39, 0.29) is 12.4 Å². The zero-order valence-corrected chi connectivity index (χ0v) is 8.35. The molecule has 2 aliphatic rings. The molecule has 2 unspecified atom stereocenters. The Labute approximate surface area is 84.3 Å². The van der Waals surface area contributed by atoms with Crippen molar-refractivity contribution in [3.05, 3.63) is 0 Å². The number of piperidine rings is 1.